The van der Waals surface area contributed by atoms with Gasteiger partial charge in [0.05, 0.1) is 10.5 Å². The molecule has 4 rings (SSSR count). The SMILES string of the molecule is CCCN(C(=O)c1cccc(CCc2cc(Oc3ccccc3C#N)ccc2[N+](=O)[O-])c1)C1CCCCC1. The summed E-state index contributed by atoms with van der Waals surface area (Å²) >= 11 is 0. The van der Waals surface area contributed by atoms with Gasteiger partial charge in [-0.2, -0.15) is 5.26 Å². The maximum Gasteiger partial charge on any atom is 0.272 e. The number of nitrogens with zero attached hydrogens (tertiary/aromatic N) is 3. The topological polar surface area (TPSA) is 96.5 Å². The van der Waals surface area contributed by atoms with Gasteiger partial charge in [-0.1, -0.05) is 50.5 Å². The fourth-order valence-electron chi connectivity index (χ4n) is 5.17. The Hall–Kier alpha value is -4.18. The molecule has 0 aliphatic heterocycles. The van der Waals surface area contributed by atoms with Crippen LogP contribution in [0.25, 0.3) is 0 Å². The number of ether oxygens (including phenoxy) is 1. The Morgan fingerprint density at radius 1 is 1.05 bits per heavy atom. The van der Waals surface area contributed by atoms with Gasteiger partial charge in [-0.05, 0) is 74.1 Å². The van der Waals surface area contributed by atoms with Crippen LogP contribution in [0.2, 0.25) is 0 Å². The lowest BCUT2D eigenvalue weighted by atomic mass is 9.93. The van der Waals surface area contributed by atoms with Crippen LogP contribution in [-0.4, -0.2) is 28.3 Å². The largest absolute Gasteiger partial charge is 0.456 e. The van der Waals surface area contributed by atoms with Gasteiger partial charge in [-0.25, -0.2) is 0 Å². The van der Waals surface area contributed by atoms with Crippen molar-refractivity contribution in [2.45, 2.75) is 64.3 Å². The van der Waals surface area contributed by atoms with E-state index in [4.69, 9.17) is 4.74 Å². The van der Waals surface area contributed by atoms with Gasteiger partial charge in [0.2, 0.25) is 0 Å². The van der Waals surface area contributed by atoms with E-state index in [1.54, 1.807) is 36.4 Å². The van der Waals surface area contributed by atoms with Crippen molar-refractivity contribution >= 4 is 11.6 Å². The first-order valence-electron chi connectivity index (χ1n) is 13.3. The third-order valence-corrected chi connectivity index (χ3v) is 7.08. The van der Waals surface area contributed by atoms with E-state index in [0.29, 0.717) is 47.1 Å². The zero-order chi connectivity index (χ0) is 26.9. The normalized spacial score (nSPS) is 13.5. The van der Waals surface area contributed by atoms with E-state index < -0.39 is 4.92 Å². The lowest BCUT2D eigenvalue weighted by Gasteiger charge is -2.34. The van der Waals surface area contributed by atoms with Crippen LogP contribution in [0, 0.1) is 21.4 Å². The molecule has 1 fully saturated rings. The van der Waals surface area contributed by atoms with E-state index in [1.807, 2.05) is 29.2 Å². The summed E-state index contributed by atoms with van der Waals surface area (Å²) in [6, 6.07) is 21.5. The molecule has 0 heterocycles. The van der Waals surface area contributed by atoms with Crippen molar-refractivity contribution in [3.8, 4) is 17.6 Å². The van der Waals surface area contributed by atoms with Crippen molar-refractivity contribution in [1.29, 1.82) is 5.26 Å². The molecule has 1 aliphatic rings. The van der Waals surface area contributed by atoms with Crippen molar-refractivity contribution in [2.75, 3.05) is 6.54 Å². The number of nitro benzene ring substituents is 1. The highest BCUT2D eigenvalue weighted by Gasteiger charge is 2.26. The number of hydrogen-bond acceptors (Lipinski definition) is 5. The van der Waals surface area contributed by atoms with Gasteiger partial charge in [-0.3, -0.25) is 14.9 Å². The minimum Gasteiger partial charge on any atom is -0.456 e. The second kappa shape index (κ2) is 12.9. The Kier molecular flexibility index (Phi) is 9.10. The lowest BCUT2D eigenvalue weighted by molar-refractivity contribution is -0.385. The number of amides is 1. The molecule has 7 nitrogen and oxygen atoms in total. The smallest absolute Gasteiger partial charge is 0.272 e. The Bertz CT molecular complexity index is 1320. The monoisotopic (exact) mass is 511 g/mol. The van der Waals surface area contributed by atoms with Crippen LogP contribution < -0.4 is 4.74 Å². The molecule has 1 saturated carbocycles. The summed E-state index contributed by atoms with van der Waals surface area (Å²) in [5.74, 6) is 0.897. The summed E-state index contributed by atoms with van der Waals surface area (Å²) in [4.78, 5) is 26.8. The van der Waals surface area contributed by atoms with Crippen LogP contribution in [0.1, 0.15) is 72.5 Å². The molecular weight excluding hydrogens is 478 g/mol. The van der Waals surface area contributed by atoms with Gasteiger partial charge in [-0.15, -0.1) is 0 Å². The molecule has 0 unspecified atom stereocenters. The van der Waals surface area contributed by atoms with E-state index in [-0.39, 0.29) is 11.6 Å². The summed E-state index contributed by atoms with van der Waals surface area (Å²) in [6.07, 6.45) is 7.57. The number of benzene rings is 3. The summed E-state index contributed by atoms with van der Waals surface area (Å²) in [5.41, 5.74) is 2.56. The molecule has 0 atom stereocenters. The number of rotatable bonds is 10. The van der Waals surface area contributed by atoms with Crippen LogP contribution in [0.3, 0.4) is 0 Å². The van der Waals surface area contributed by atoms with Gasteiger partial charge in [0.15, 0.2) is 0 Å². The van der Waals surface area contributed by atoms with Gasteiger partial charge in [0.25, 0.3) is 11.6 Å². The minimum atomic E-state index is -0.394. The van der Waals surface area contributed by atoms with Gasteiger partial charge in [0, 0.05) is 29.8 Å². The number of aryl methyl sites for hydroxylation is 2. The molecule has 0 N–H and O–H groups in total. The third-order valence-electron chi connectivity index (χ3n) is 7.08. The van der Waals surface area contributed by atoms with Gasteiger partial charge in [0.1, 0.15) is 17.6 Å². The summed E-state index contributed by atoms with van der Waals surface area (Å²) in [6.45, 7) is 2.85. The van der Waals surface area contributed by atoms with Crippen molar-refractivity contribution in [3.63, 3.8) is 0 Å². The first-order valence-corrected chi connectivity index (χ1v) is 13.3. The fourth-order valence-corrected chi connectivity index (χ4v) is 5.17. The summed E-state index contributed by atoms with van der Waals surface area (Å²) in [5, 5.41) is 21.0. The quantitative estimate of drug-likeness (QED) is 0.211. The third kappa shape index (κ3) is 6.57. The molecule has 3 aromatic rings. The first-order chi connectivity index (χ1) is 18.5. The number of carbonyl (C=O) groups is 1. The number of nitriles is 1. The molecule has 7 heteroatoms. The molecule has 196 valence electrons. The molecule has 1 amide bonds. The number of para-hydroxylation sites is 1. The number of nitro groups is 1. The van der Waals surface area contributed by atoms with Crippen molar-refractivity contribution < 1.29 is 14.5 Å². The minimum absolute atomic E-state index is 0.0181. The van der Waals surface area contributed by atoms with Crippen molar-refractivity contribution in [3.05, 3.63) is 99.1 Å². The lowest BCUT2D eigenvalue weighted by Crippen LogP contribution is -2.42. The van der Waals surface area contributed by atoms with Crippen LogP contribution >= 0.6 is 0 Å². The Morgan fingerprint density at radius 3 is 2.58 bits per heavy atom. The molecular formula is C31H33N3O4. The van der Waals surface area contributed by atoms with Crippen LogP contribution in [0.15, 0.2) is 66.7 Å². The predicted octanol–water partition coefficient (Wildman–Crippen LogP) is 7.23. The second-order valence-electron chi connectivity index (χ2n) is 9.75. The molecule has 3 aromatic carbocycles. The summed E-state index contributed by atoms with van der Waals surface area (Å²) in [7, 11) is 0. The van der Waals surface area contributed by atoms with E-state index >= 15 is 0 Å². The zero-order valence-electron chi connectivity index (χ0n) is 21.8. The molecule has 1 aliphatic carbocycles. The first kappa shape index (κ1) is 26.9. The molecule has 0 bridgehead atoms. The van der Waals surface area contributed by atoms with Crippen LogP contribution in [-0.2, 0) is 12.8 Å². The maximum absolute atomic E-state index is 13.5. The molecule has 0 spiro atoms. The predicted molar refractivity (Wildman–Crippen MR) is 146 cm³/mol. The van der Waals surface area contributed by atoms with E-state index in [9.17, 15) is 20.2 Å². The zero-order valence-corrected chi connectivity index (χ0v) is 21.8. The molecule has 0 radical (unpaired) electrons. The highest BCUT2D eigenvalue weighted by Crippen LogP contribution is 2.30. The van der Waals surface area contributed by atoms with Crippen molar-refractivity contribution in [1.82, 2.24) is 4.90 Å². The standard InChI is InChI=1S/C31H33N3O4/c1-2-19-33(27-12-4-3-5-13-27)31(35)25-11-8-9-23(20-25)15-16-24-21-28(17-18-29(24)34(36)37)38-30-14-7-6-10-26(30)22-32/h6-11,14,17-18,20-21,27H,2-5,12-13,15-16,19H2,1H3. The Labute approximate surface area is 223 Å². The Balaban J connectivity index is 1.51. The van der Waals surface area contributed by atoms with Crippen LogP contribution in [0.5, 0.6) is 11.5 Å². The van der Waals surface area contributed by atoms with E-state index in [0.717, 1.165) is 31.4 Å². The van der Waals surface area contributed by atoms with E-state index in [2.05, 4.69) is 13.0 Å². The molecule has 0 saturated heterocycles. The number of carbonyl (C=O) groups excluding carboxylic acids is 1. The summed E-state index contributed by atoms with van der Waals surface area (Å²) < 4.78 is 5.89. The molecule has 38 heavy (non-hydrogen) atoms. The second-order valence-corrected chi connectivity index (χ2v) is 9.75. The fraction of sp³-hybridized carbons (Fsp3) is 0.355. The van der Waals surface area contributed by atoms with E-state index in [1.165, 1.54) is 25.3 Å². The van der Waals surface area contributed by atoms with Crippen LogP contribution in [0.4, 0.5) is 5.69 Å². The maximum atomic E-state index is 13.5. The number of hydrogen-bond donors (Lipinski definition) is 0. The van der Waals surface area contributed by atoms with Gasteiger partial charge >= 0.3 is 0 Å². The average molecular weight is 512 g/mol. The van der Waals surface area contributed by atoms with Crippen molar-refractivity contribution in [2.24, 2.45) is 0 Å². The highest BCUT2D eigenvalue weighted by atomic mass is 16.6. The van der Waals surface area contributed by atoms with Gasteiger partial charge < -0.3 is 9.64 Å². The molecule has 0 aromatic heterocycles. The highest BCUT2D eigenvalue weighted by molar-refractivity contribution is 5.94. The Morgan fingerprint density at radius 2 is 1.84 bits per heavy atom. The average Bonchev–Trinajstić information content (AvgIpc) is 2.95.